The number of carbonyl (C=O) groups is 1. The van der Waals surface area contributed by atoms with E-state index in [0.717, 1.165) is 0 Å². The SMILES string of the molecule is O=C1NC=NN2CC(Cl)C=C12. The maximum atomic E-state index is 11.1. The standard InChI is InChI=1S/C6H6ClN3O/c7-4-1-5-6(11)8-3-9-10(5)2-4/h1,3-4H,2H2,(H,8,9,11). The molecule has 1 N–H and O–H groups in total. The van der Waals surface area contributed by atoms with Crippen LogP contribution >= 0.6 is 11.6 Å². The Morgan fingerprint density at radius 2 is 2.64 bits per heavy atom. The van der Waals surface area contributed by atoms with Gasteiger partial charge >= 0.3 is 0 Å². The van der Waals surface area contributed by atoms with Gasteiger partial charge in [-0.05, 0) is 6.08 Å². The maximum absolute atomic E-state index is 11.1. The summed E-state index contributed by atoms with van der Waals surface area (Å²) in [6.07, 6.45) is 3.07. The molecular formula is C6H6ClN3O. The largest absolute Gasteiger partial charge is 0.310 e. The summed E-state index contributed by atoms with van der Waals surface area (Å²) in [5, 5.41) is 7.88. The molecule has 2 aliphatic heterocycles. The minimum atomic E-state index is -0.136. The molecule has 2 rings (SSSR count). The van der Waals surface area contributed by atoms with Gasteiger partial charge in [-0.15, -0.1) is 11.6 Å². The van der Waals surface area contributed by atoms with Crippen LogP contribution in [0.15, 0.2) is 16.9 Å². The molecular weight excluding hydrogens is 166 g/mol. The van der Waals surface area contributed by atoms with Crippen LogP contribution in [0.2, 0.25) is 0 Å². The van der Waals surface area contributed by atoms with E-state index in [9.17, 15) is 4.79 Å². The van der Waals surface area contributed by atoms with Crippen LogP contribution in [0.1, 0.15) is 0 Å². The number of fused-ring (bicyclic) bond motifs is 1. The molecule has 0 aliphatic carbocycles. The first-order valence-electron chi connectivity index (χ1n) is 3.24. The quantitative estimate of drug-likeness (QED) is 0.516. The predicted octanol–water partition coefficient (Wildman–Crippen LogP) is -0.134. The highest BCUT2D eigenvalue weighted by Crippen LogP contribution is 2.20. The summed E-state index contributed by atoms with van der Waals surface area (Å²) in [5.74, 6) is -0.136. The molecule has 1 unspecified atom stereocenters. The van der Waals surface area contributed by atoms with Crippen molar-refractivity contribution in [2.24, 2.45) is 5.10 Å². The Hall–Kier alpha value is -1.03. The first kappa shape index (κ1) is 6.67. The van der Waals surface area contributed by atoms with Crippen molar-refractivity contribution in [1.29, 1.82) is 0 Å². The highest BCUT2D eigenvalue weighted by Gasteiger charge is 2.28. The molecule has 0 aromatic rings. The van der Waals surface area contributed by atoms with Crippen LogP contribution in [0, 0.1) is 0 Å². The molecule has 0 aromatic heterocycles. The maximum Gasteiger partial charge on any atom is 0.274 e. The smallest absolute Gasteiger partial charge is 0.274 e. The number of rotatable bonds is 0. The van der Waals surface area contributed by atoms with Gasteiger partial charge in [0, 0.05) is 0 Å². The number of alkyl halides is 1. The van der Waals surface area contributed by atoms with Gasteiger partial charge in [-0.25, -0.2) is 0 Å². The number of hydrogen-bond acceptors (Lipinski definition) is 3. The fourth-order valence-corrected chi connectivity index (χ4v) is 1.36. The van der Waals surface area contributed by atoms with Crippen LogP contribution in [0.3, 0.4) is 0 Å². The Balaban J connectivity index is 2.33. The van der Waals surface area contributed by atoms with Gasteiger partial charge in [0.15, 0.2) is 0 Å². The van der Waals surface area contributed by atoms with E-state index in [1.54, 1.807) is 11.1 Å². The minimum Gasteiger partial charge on any atom is -0.310 e. The monoisotopic (exact) mass is 171 g/mol. The van der Waals surface area contributed by atoms with E-state index in [1.807, 2.05) is 0 Å². The lowest BCUT2D eigenvalue weighted by atomic mass is 10.4. The Labute approximate surface area is 68.5 Å². The molecule has 0 radical (unpaired) electrons. The van der Waals surface area contributed by atoms with E-state index in [0.29, 0.717) is 12.2 Å². The Morgan fingerprint density at radius 3 is 3.36 bits per heavy atom. The van der Waals surface area contributed by atoms with Crippen molar-refractivity contribution in [3.63, 3.8) is 0 Å². The lowest BCUT2D eigenvalue weighted by Gasteiger charge is -2.18. The van der Waals surface area contributed by atoms with Crippen molar-refractivity contribution in [1.82, 2.24) is 10.3 Å². The van der Waals surface area contributed by atoms with Gasteiger partial charge in [-0.1, -0.05) is 0 Å². The summed E-state index contributed by atoms with van der Waals surface area (Å²) in [6, 6.07) is 0. The van der Waals surface area contributed by atoms with Crippen LogP contribution in [-0.4, -0.2) is 29.2 Å². The summed E-state index contributed by atoms with van der Waals surface area (Å²) in [5.41, 5.74) is 0.549. The highest BCUT2D eigenvalue weighted by atomic mass is 35.5. The van der Waals surface area contributed by atoms with Gasteiger partial charge < -0.3 is 5.32 Å². The van der Waals surface area contributed by atoms with Crippen LogP contribution in [0.5, 0.6) is 0 Å². The average molecular weight is 172 g/mol. The molecule has 1 amide bonds. The summed E-state index contributed by atoms with van der Waals surface area (Å²) >= 11 is 5.78. The van der Waals surface area contributed by atoms with E-state index in [-0.39, 0.29) is 11.3 Å². The minimum absolute atomic E-state index is 0.106. The molecule has 0 bridgehead atoms. The fraction of sp³-hybridized carbons (Fsp3) is 0.333. The zero-order valence-corrected chi connectivity index (χ0v) is 6.38. The zero-order valence-electron chi connectivity index (χ0n) is 5.62. The molecule has 2 heterocycles. The third-order valence-electron chi connectivity index (χ3n) is 1.59. The third-order valence-corrected chi connectivity index (χ3v) is 1.85. The summed E-state index contributed by atoms with van der Waals surface area (Å²) < 4.78 is 0. The Morgan fingerprint density at radius 1 is 1.82 bits per heavy atom. The van der Waals surface area contributed by atoms with Gasteiger partial charge in [-0.2, -0.15) is 5.10 Å². The van der Waals surface area contributed by atoms with Gasteiger partial charge in [0.1, 0.15) is 12.0 Å². The predicted molar refractivity (Wildman–Crippen MR) is 41.1 cm³/mol. The van der Waals surface area contributed by atoms with E-state index in [4.69, 9.17) is 11.6 Å². The molecule has 4 nitrogen and oxygen atoms in total. The van der Waals surface area contributed by atoms with E-state index in [1.165, 1.54) is 6.34 Å². The van der Waals surface area contributed by atoms with Crippen LogP contribution < -0.4 is 5.32 Å². The number of nitrogens with zero attached hydrogens (tertiary/aromatic N) is 2. The Bertz CT molecular complexity index is 261. The number of amides is 1. The second-order valence-corrected chi connectivity index (χ2v) is 2.93. The fourth-order valence-electron chi connectivity index (χ4n) is 1.11. The van der Waals surface area contributed by atoms with Gasteiger partial charge in [0.05, 0.1) is 11.9 Å². The molecule has 11 heavy (non-hydrogen) atoms. The van der Waals surface area contributed by atoms with Crippen LogP contribution in [-0.2, 0) is 4.79 Å². The van der Waals surface area contributed by atoms with Crippen LogP contribution in [0.4, 0.5) is 0 Å². The van der Waals surface area contributed by atoms with Crippen molar-refractivity contribution in [2.45, 2.75) is 5.38 Å². The first-order chi connectivity index (χ1) is 5.27. The van der Waals surface area contributed by atoms with Gasteiger partial charge in [0.2, 0.25) is 0 Å². The average Bonchev–Trinajstić information content (AvgIpc) is 2.31. The van der Waals surface area contributed by atoms with E-state index < -0.39 is 0 Å². The van der Waals surface area contributed by atoms with Crippen molar-refractivity contribution in [2.75, 3.05) is 6.54 Å². The second kappa shape index (κ2) is 2.23. The number of hydrogen-bond donors (Lipinski definition) is 1. The van der Waals surface area contributed by atoms with E-state index >= 15 is 0 Å². The number of halogens is 1. The molecule has 0 spiro atoms. The number of nitrogens with one attached hydrogen (secondary N) is 1. The molecule has 0 saturated heterocycles. The van der Waals surface area contributed by atoms with Gasteiger partial charge in [0.25, 0.3) is 5.91 Å². The first-order valence-corrected chi connectivity index (χ1v) is 3.68. The van der Waals surface area contributed by atoms with Gasteiger partial charge in [-0.3, -0.25) is 9.80 Å². The molecule has 0 saturated carbocycles. The second-order valence-electron chi connectivity index (χ2n) is 2.37. The van der Waals surface area contributed by atoms with Crippen molar-refractivity contribution >= 4 is 23.8 Å². The molecule has 0 fully saturated rings. The number of hydrazone groups is 1. The third kappa shape index (κ3) is 0.991. The van der Waals surface area contributed by atoms with Crippen molar-refractivity contribution < 1.29 is 4.79 Å². The summed E-state index contributed by atoms with van der Waals surface area (Å²) in [6.45, 7) is 0.584. The summed E-state index contributed by atoms with van der Waals surface area (Å²) in [7, 11) is 0. The topological polar surface area (TPSA) is 44.7 Å². The van der Waals surface area contributed by atoms with Crippen molar-refractivity contribution in [3.05, 3.63) is 11.8 Å². The number of carbonyl (C=O) groups excluding carboxylic acids is 1. The molecule has 5 heteroatoms. The van der Waals surface area contributed by atoms with Crippen LogP contribution in [0.25, 0.3) is 0 Å². The summed E-state index contributed by atoms with van der Waals surface area (Å²) in [4.78, 5) is 11.1. The lowest BCUT2D eigenvalue weighted by molar-refractivity contribution is -0.117. The van der Waals surface area contributed by atoms with E-state index in [2.05, 4.69) is 10.4 Å². The zero-order chi connectivity index (χ0) is 7.84. The normalized spacial score (nSPS) is 28.1. The Kier molecular flexibility index (Phi) is 1.35. The lowest BCUT2D eigenvalue weighted by Crippen LogP contribution is -2.35. The van der Waals surface area contributed by atoms with Crippen molar-refractivity contribution in [3.8, 4) is 0 Å². The molecule has 2 aliphatic rings. The highest BCUT2D eigenvalue weighted by molar-refractivity contribution is 6.23. The molecule has 0 aromatic carbocycles. The molecule has 58 valence electrons. The molecule has 1 atom stereocenters.